The van der Waals surface area contributed by atoms with Crippen LogP contribution in [0.15, 0.2) is 108 Å². The van der Waals surface area contributed by atoms with Gasteiger partial charge in [-0.1, -0.05) is 66.7 Å². The number of hydrogen-bond donors (Lipinski definition) is 4. The summed E-state index contributed by atoms with van der Waals surface area (Å²) in [6, 6.07) is 29.4. The number of anilines is 2. The molecule has 4 N–H and O–H groups in total. The molecular weight excluding hydrogens is 689 g/mol. The summed E-state index contributed by atoms with van der Waals surface area (Å²) in [5.74, 6) is -4.06. The molecule has 12 heteroatoms. The second-order valence-corrected chi connectivity index (χ2v) is 14.1. The Morgan fingerprint density at radius 2 is 1.55 bits per heavy atom. The molecule has 1 aliphatic carbocycles. The number of hydrogen-bond acceptors (Lipinski definition) is 8. The highest BCUT2D eigenvalue weighted by Gasteiger charge is 2.32. The molecule has 0 spiro atoms. The Labute approximate surface area is 301 Å². The van der Waals surface area contributed by atoms with Crippen molar-refractivity contribution in [3.63, 3.8) is 0 Å². The molecule has 0 aliphatic heterocycles. The van der Waals surface area contributed by atoms with Gasteiger partial charge in [0.2, 0.25) is 5.91 Å². The number of carbonyl (C=O) groups is 5. The van der Waals surface area contributed by atoms with Gasteiger partial charge in [-0.3, -0.25) is 9.59 Å². The number of methoxy groups -OCH3 is 1. The first kappa shape index (κ1) is 35.1. The Morgan fingerprint density at radius 3 is 2.24 bits per heavy atom. The predicted octanol–water partition coefficient (Wildman–Crippen LogP) is 7.93. The maximum atomic E-state index is 14.2. The number of ether oxygens (including phenoxy) is 1. The van der Waals surface area contributed by atoms with Gasteiger partial charge in [0, 0.05) is 15.5 Å². The molecule has 10 nitrogen and oxygen atoms in total. The minimum Gasteiger partial charge on any atom is -0.478 e. The van der Waals surface area contributed by atoms with Crippen molar-refractivity contribution in [3.8, 4) is 0 Å². The molecule has 51 heavy (non-hydrogen) atoms. The molecule has 2 atom stereocenters. The summed E-state index contributed by atoms with van der Waals surface area (Å²) < 4.78 is 5.17. The van der Waals surface area contributed by atoms with E-state index in [0.717, 1.165) is 41.5 Å². The van der Waals surface area contributed by atoms with Crippen molar-refractivity contribution in [2.24, 2.45) is 0 Å². The Morgan fingerprint density at radius 1 is 0.824 bits per heavy atom. The van der Waals surface area contributed by atoms with Crippen LogP contribution in [0.3, 0.4) is 0 Å². The third kappa shape index (κ3) is 7.87. The van der Waals surface area contributed by atoms with Crippen molar-refractivity contribution in [3.05, 3.63) is 147 Å². The fraction of sp³-hybridized carbons (Fsp3) is 0.154. The zero-order valence-corrected chi connectivity index (χ0v) is 28.9. The van der Waals surface area contributed by atoms with Crippen molar-refractivity contribution >= 4 is 63.5 Å². The number of fused-ring (bicyclic) bond motifs is 1. The molecule has 6 rings (SSSR count). The van der Waals surface area contributed by atoms with E-state index in [2.05, 4.69) is 22.8 Å². The summed E-state index contributed by atoms with van der Waals surface area (Å²) in [6.07, 6.45) is 2.29. The third-order valence-electron chi connectivity index (χ3n) is 8.59. The van der Waals surface area contributed by atoms with E-state index in [-0.39, 0.29) is 17.0 Å². The lowest BCUT2D eigenvalue weighted by atomic mass is 9.83. The number of esters is 1. The van der Waals surface area contributed by atoms with E-state index in [1.54, 1.807) is 24.3 Å². The van der Waals surface area contributed by atoms with Crippen molar-refractivity contribution in [2.75, 3.05) is 17.7 Å². The number of carboxylic acid groups (broad SMARTS) is 2. The van der Waals surface area contributed by atoms with Crippen LogP contribution in [0.2, 0.25) is 0 Å². The first-order chi connectivity index (χ1) is 24.6. The van der Waals surface area contributed by atoms with E-state index in [4.69, 9.17) is 4.74 Å². The van der Waals surface area contributed by atoms with E-state index in [1.807, 2.05) is 48.5 Å². The van der Waals surface area contributed by atoms with Gasteiger partial charge < -0.3 is 25.6 Å². The number of nitrogens with one attached hydrogen (secondary N) is 2. The summed E-state index contributed by atoms with van der Waals surface area (Å²) in [6.45, 7) is 0. The van der Waals surface area contributed by atoms with E-state index in [1.165, 1.54) is 35.8 Å². The maximum Gasteiger partial charge on any atom is 0.341 e. The molecule has 258 valence electrons. The summed E-state index contributed by atoms with van der Waals surface area (Å²) in [5.41, 5.74) is 2.66. The predicted molar refractivity (Wildman–Crippen MR) is 195 cm³/mol. The SMILES string of the molecule is COC(=O)c1c(NC(=O)C(Sc2cccc(NC(=O)c3ccc(C(=O)O)cc3C(=O)O)c2)c2ccccc2)sc2c1CCC(c1ccccc1)C2. The molecule has 0 bridgehead atoms. The maximum absolute atomic E-state index is 14.2. The summed E-state index contributed by atoms with van der Waals surface area (Å²) in [4.78, 5) is 65.3. The molecule has 2 amide bonds. The van der Waals surface area contributed by atoms with Gasteiger partial charge in [0.1, 0.15) is 10.3 Å². The van der Waals surface area contributed by atoms with Gasteiger partial charge in [0.15, 0.2) is 0 Å². The van der Waals surface area contributed by atoms with Crippen LogP contribution in [-0.2, 0) is 22.4 Å². The molecule has 2 unspecified atom stereocenters. The van der Waals surface area contributed by atoms with Gasteiger partial charge in [-0.2, -0.15) is 0 Å². The van der Waals surface area contributed by atoms with Crippen LogP contribution in [0.5, 0.6) is 0 Å². The summed E-state index contributed by atoms with van der Waals surface area (Å²) in [7, 11) is 1.33. The van der Waals surface area contributed by atoms with Crippen LogP contribution in [0.25, 0.3) is 0 Å². The van der Waals surface area contributed by atoms with Gasteiger partial charge in [0.25, 0.3) is 5.91 Å². The second-order valence-electron chi connectivity index (χ2n) is 11.8. The molecule has 1 heterocycles. The van der Waals surface area contributed by atoms with E-state index in [9.17, 15) is 34.2 Å². The first-order valence-electron chi connectivity index (χ1n) is 15.9. The number of amides is 2. The third-order valence-corrected chi connectivity index (χ3v) is 11.0. The molecule has 0 saturated heterocycles. The molecular formula is C39H32N2O8S2. The zero-order chi connectivity index (χ0) is 36.1. The summed E-state index contributed by atoms with van der Waals surface area (Å²) in [5, 5.41) is 24.3. The number of rotatable bonds is 11. The van der Waals surface area contributed by atoms with Gasteiger partial charge in [-0.25, -0.2) is 14.4 Å². The van der Waals surface area contributed by atoms with E-state index < -0.39 is 34.6 Å². The van der Waals surface area contributed by atoms with E-state index in [0.29, 0.717) is 39.0 Å². The van der Waals surface area contributed by atoms with Crippen molar-refractivity contribution in [2.45, 2.75) is 35.3 Å². The minimum atomic E-state index is -1.44. The topological polar surface area (TPSA) is 159 Å². The average molecular weight is 721 g/mol. The second kappa shape index (κ2) is 15.4. The van der Waals surface area contributed by atoms with Crippen LogP contribution >= 0.6 is 23.1 Å². The highest BCUT2D eigenvalue weighted by atomic mass is 32.2. The van der Waals surface area contributed by atoms with Crippen LogP contribution in [0.4, 0.5) is 10.7 Å². The monoisotopic (exact) mass is 720 g/mol. The Bertz CT molecular complexity index is 2130. The van der Waals surface area contributed by atoms with Crippen LogP contribution < -0.4 is 10.6 Å². The lowest BCUT2D eigenvalue weighted by Gasteiger charge is -2.22. The van der Waals surface area contributed by atoms with Crippen LogP contribution in [0.1, 0.15) is 80.6 Å². The molecule has 5 aromatic rings. The lowest BCUT2D eigenvalue weighted by molar-refractivity contribution is -0.115. The van der Waals surface area contributed by atoms with Gasteiger partial charge >= 0.3 is 17.9 Å². The number of carbonyl (C=O) groups excluding carboxylic acids is 3. The highest BCUT2D eigenvalue weighted by Crippen LogP contribution is 2.44. The smallest absolute Gasteiger partial charge is 0.341 e. The number of benzene rings is 4. The van der Waals surface area contributed by atoms with Crippen molar-refractivity contribution in [1.29, 1.82) is 0 Å². The van der Waals surface area contributed by atoms with Crippen molar-refractivity contribution < 1.29 is 38.9 Å². The largest absolute Gasteiger partial charge is 0.478 e. The normalized spacial score (nSPS) is 14.1. The molecule has 4 aromatic carbocycles. The quantitative estimate of drug-likeness (QED) is 0.0785. The zero-order valence-electron chi connectivity index (χ0n) is 27.3. The molecule has 0 radical (unpaired) electrons. The average Bonchev–Trinajstić information content (AvgIpc) is 3.50. The standard InChI is InChI=1S/C39H32N2O8S2/c1-49-39(48)32-29-18-15-24(22-9-4-2-5-10-22)20-31(29)51-36(32)41-35(43)33(23-11-6-3-7-12-23)50-27-14-8-13-26(21-27)40-34(42)28-17-16-25(37(44)45)19-30(28)38(46)47/h2-14,16-17,19,21,24,33H,15,18,20H2,1H3,(H,40,42)(H,41,43)(H,44,45)(H,46,47). The molecule has 0 saturated carbocycles. The number of aromatic carboxylic acids is 2. The molecule has 1 aromatic heterocycles. The molecule has 0 fully saturated rings. The van der Waals surface area contributed by atoms with Gasteiger partial charge in [0.05, 0.1) is 29.4 Å². The highest BCUT2D eigenvalue weighted by molar-refractivity contribution is 8.00. The van der Waals surface area contributed by atoms with E-state index >= 15 is 0 Å². The summed E-state index contributed by atoms with van der Waals surface area (Å²) >= 11 is 2.64. The minimum absolute atomic E-state index is 0.206. The first-order valence-corrected chi connectivity index (χ1v) is 17.6. The number of carboxylic acids is 2. The van der Waals surface area contributed by atoms with Gasteiger partial charge in [-0.15, -0.1) is 23.1 Å². The van der Waals surface area contributed by atoms with Gasteiger partial charge in [-0.05, 0) is 78.3 Å². The Kier molecular flexibility index (Phi) is 10.6. The van der Waals surface area contributed by atoms with Crippen molar-refractivity contribution in [1.82, 2.24) is 0 Å². The fourth-order valence-corrected chi connectivity index (χ4v) is 8.52. The molecule has 1 aliphatic rings. The Balaban J connectivity index is 1.25. The van der Waals surface area contributed by atoms with Crippen LogP contribution in [-0.4, -0.2) is 47.0 Å². The number of thioether (sulfide) groups is 1. The van der Waals surface area contributed by atoms with Crippen LogP contribution in [0, 0.1) is 0 Å². The Hall–Kier alpha value is -5.72. The lowest BCUT2D eigenvalue weighted by Crippen LogP contribution is -2.20. The number of thiophene rings is 1. The fourth-order valence-electron chi connectivity index (χ4n) is 6.11.